The van der Waals surface area contributed by atoms with Crippen molar-refractivity contribution in [3.8, 4) is 11.6 Å². The quantitative estimate of drug-likeness (QED) is 0.735. The molecule has 1 fully saturated rings. The summed E-state index contributed by atoms with van der Waals surface area (Å²) in [6.07, 6.45) is 2.82. The van der Waals surface area contributed by atoms with Gasteiger partial charge in [0, 0.05) is 19.2 Å². The molecule has 0 amide bonds. The standard InChI is InChI=1S/C18H19ClFN3O3/c1-2-25-18(24)12-5-7-23(8-6-12)16-10-17(22-11-21-16)26-15-4-3-13(20)9-14(15)19/h3-4,9-12H,2,5-8H2,1H3. The number of aromatic nitrogens is 2. The van der Waals surface area contributed by atoms with Crippen molar-refractivity contribution in [1.82, 2.24) is 9.97 Å². The van der Waals surface area contributed by atoms with Crippen LogP contribution in [0.2, 0.25) is 5.02 Å². The highest BCUT2D eigenvalue weighted by molar-refractivity contribution is 6.32. The number of hydrogen-bond acceptors (Lipinski definition) is 6. The molecule has 1 aliphatic heterocycles. The van der Waals surface area contributed by atoms with E-state index in [4.69, 9.17) is 21.1 Å². The third-order valence-electron chi connectivity index (χ3n) is 4.17. The van der Waals surface area contributed by atoms with E-state index < -0.39 is 5.82 Å². The highest BCUT2D eigenvalue weighted by Crippen LogP contribution is 2.30. The van der Waals surface area contributed by atoms with E-state index in [9.17, 15) is 9.18 Å². The van der Waals surface area contributed by atoms with Crippen LogP contribution in [0.25, 0.3) is 0 Å². The number of benzene rings is 1. The molecule has 26 heavy (non-hydrogen) atoms. The molecule has 0 saturated carbocycles. The summed E-state index contributed by atoms with van der Waals surface area (Å²) >= 11 is 5.98. The molecule has 0 unspecified atom stereocenters. The van der Waals surface area contributed by atoms with Gasteiger partial charge in [-0.15, -0.1) is 0 Å². The Hall–Kier alpha value is -2.41. The molecule has 0 bridgehead atoms. The summed E-state index contributed by atoms with van der Waals surface area (Å²) in [5.41, 5.74) is 0. The Bertz CT molecular complexity index is 782. The highest BCUT2D eigenvalue weighted by Gasteiger charge is 2.26. The number of rotatable bonds is 5. The Balaban J connectivity index is 1.65. The zero-order valence-electron chi connectivity index (χ0n) is 14.3. The van der Waals surface area contributed by atoms with Crippen molar-refractivity contribution in [3.05, 3.63) is 41.4 Å². The van der Waals surface area contributed by atoms with Gasteiger partial charge in [-0.1, -0.05) is 11.6 Å². The molecule has 0 radical (unpaired) electrons. The molecule has 3 rings (SSSR count). The molecule has 0 N–H and O–H groups in total. The molecule has 0 spiro atoms. The molecule has 6 nitrogen and oxygen atoms in total. The van der Waals surface area contributed by atoms with Crippen LogP contribution in [-0.2, 0) is 9.53 Å². The Kier molecular flexibility index (Phi) is 5.88. The summed E-state index contributed by atoms with van der Waals surface area (Å²) in [5.74, 6) is 0.701. The summed E-state index contributed by atoms with van der Waals surface area (Å²) in [7, 11) is 0. The first-order valence-corrected chi connectivity index (χ1v) is 8.81. The summed E-state index contributed by atoms with van der Waals surface area (Å²) in [6.45, 7) is 3.59. The maximum atomic E-state index is 13.1. The lowest BCUT2D eigenvalue weighted by Crippen LogP contribution is -2.37. The number of piperidine rings is 1. The first kappa shape index (κ1) is 18.4. The number of carbonyl (C=O) groups excluding carboxylic acids is 1. The van der Waals surface area contributed by atoms with E-state index in [-0.39, 0.29) is 16.9 Å². The second-order valence-electron chi connectivity index (χ2n) is 5.90. The average molecular weight is 380 g/mol. The fourth-order valence-electron chi connectivity index (χ4n) is 2.83. The van der Waals surface area contributed by atoms with Crippen molar-refractivity contribution in [3.63, 3.8) is 0 Å². The van der Waals surface area contributed by atoms with Gasteiger partial charge in [-0.2, -0.15) is 0 Å². The molecular formula is C18H19ClFN3O3. The molecule has 0 atom stereocenters. The second kappa shape index (κ2) is 8.31. The van der Waals surface area contributed by atoms with Crippen LogP contribution in [0.4, 0.5) is 10.2 Å². The molecule has 1 aromatic carbocycles. The van der Waals surface area contributed by atoms with E-state index in [1.165, 1.54) is 24.5 Å². The third kappa shape index (κ3) is 4.40. The zero-order chi connectivity index (χ0) is 18.5. The summed E-state index contributed by atoms with van der Waals surface area (Å²) in [4.78, 5) is 22.2. The molecule has 138 valence electrons. The monoisotopic (exact) mass is 379 g/mol. The Morgan fingerprint density at radius 1 is 1.31 bits per heavy atom. The first-order chi connectivity index (χ1) is 12.6. The van der Waals surface area contributed by atoms with E-state index >= 15 is 0 Å². The van der Waals surface area contributed by atoms with Gasteiger partial charge in [0.15, 0.2) is 0 Å². The zero-order valence-corrected chi connectivity index (χ0v) is 15.1. The maximum Gasteiger partial charge on any atom is 0.309 e. The van der Waals surface area contributed by atoms with Crippen molar-refractivity contribution in [1.29, 1.82) is 0 Å². The molecule has 1 aromatic heterocycles. The van der Waals surface area contributed by atoms with Gasteiger partial charge in [-0.3, -0.25) is 4.79 Å². The topological polar surface area (TPSA) is 64.5 Å². The Labute approximate surface area is 155 Å². The minimum atomic E-state index is -0.435. The fourth-order valence-corrected chi connectivity index (χ4v) is 3.04. The van der Waals surface area contributed by atoms with E-state index in [1.54, 1.807) is 6.07 Å². The SMILES string of the molecule is CCOC(=O)C1CCN(c2cc(Oc3ccc(F)cc3Cl)ncn2)CC1. The van der Waals surface area contributed by atoms with Crippen LogP contribution < -0.4 is 9.64 Å². The van der Waals surface area contributed by atoms with Gasteiger partial charge in [0.05, 0.1) is 17.5 Å². The molecular weight excluding hydrogens is 361 g/mol. The van der Waals surface area contributed by atoms with Crippen molar-refractivity contribution in [2.75, 3.05) is 24.6 Å². The molecule has 1 aliphatic rings. The van der Waals surface area contributed by atoms with Gasteiger partial charge in [0.1, 0.15) is 23.7 Å². The number of halogens is 2. The molecule has 1 saturated heterocycles. The summed E-state index contributed by atoms with van der Waals surface area (Å²) in [5, 5.41) is 0.167. The van der Waals surface area contributed by atoms with E-state index in [2.05, 4.69) is 14.9 Å². The van der Waals surface area contributed by atoms with Crippen molar-refractivity contribution < 1.29 is 18.7 Å². The Morgan fingerprint density at radius 2 is 2.08 bits per heavy atom. The van der Waals surface area contributed by atoms with Crippen molar-refractivity contribution in [2.45, 2.75) is 19.8 Å². The smallest absolute Gasteiger partial charge is 0.309 e. The lowest BCUT2D eigenvalue weighted by Gasteiger charge is -2.31. The van der Waals surface area contributed by atoms with Gasteiger partial charge >= 0.3 is 5.97 Å². The van der Waals surface area contributed by atoms with Crippen LogP contribution in [-0.4, -0.2) is 35.6 Å². The van der Waals surface area contributed by atoms with E-state index in [1.807, 2.05) is 6.92 Å². The number of carbonyl (C=O) groups is 1. The van der Waals surface area contributed by atoms with Crippen molar-refractivity contribution >= 4 is 23.4 Å². The fraction of sp³-hybridized carbons (Fsp3) is 0.389. The lowest BCUT2D eigenvalue weighted by atomic mass is 9.97. The highest BCUT2D eigenvalue weighted by atomic mass is 35.5. The lowest BCUT2D eigenvalue weighted by molar-refractivity contribution is -0.148. The average Bonchev–Trinajstić information content (AvgIpc) is 2.65. The van der Waals surface area contributed by atoms with Gasteiger partial charge in [-0.05, 0) is 38.0 Å². The van der Waals surface area contributed by atoms with Crippen LogP contribution in [0, 0.1) is 11.7 Å². The number of anilines is 1. The van der Waals surface area contributed by atoms with E-state index in [0.29, 0.717) is 50.0 Å². The predicted molar refractivity (Wildman–Crippen MR) is 95.1 cm³/mol. The van der Waals surface area contributed by atoms with Crippen LogP contribution in [0.3, 0.4) is 0 Å². The van der Waals surface area contributed by atoms with Gasteiger partial charge in [0.2, 0.25) is 5.88 Å². The Morgan fingerprint density at radius 3 is 2.77 bits per heavy atom. The number of ether oxygens (including phenoxy) is 2. The van der Waals surface area contributed by atoms with Crippen LogP contribution in [0.5, 0.6) is 11.6 Å². The maximum absolute atomic E-state index is 13.1. The van der Waals surface area contributed by atoms with Crippen LogP contribution >= 0.6 is 11.6 Å². The molecule has 8 heteroatoms. The van der Waals surface area contributed by atoms with Crippen LogP contribution in [0.1, 0.15) is 19.8 Å². The largest absolute Gasteiger partial charge is 0.466 e. The van der Waals surface area contributed by atoms with Gasteiger partial charge in [0.25, 0.3) is 0 Å². The number of hydrogen-bond donors (Lipinski definition) is 0. The summed E-state index contributed by atoms with van der Waals surface area (Å²) < 4.78 is 23.8. The first-order valence-electron chi connectivity index (χ1n) is 8.43. The molecule has 2 aromatic rings. The van der Waals surface area contributed by atoms with E-state index in [0.717, 1.165) is 0 Å². The third-order valence-corrected chi connectivity index (χ3v) is 4.47. The van der Waals surface area contributed by atoms with Gasteiger partial charge in [-0.25, -0.2) is 14.4 Å². The second-order valence-corrected chi connectivity index (χ2v) is 6.31. The minimum absolute atomic E-state index is 0.0678. The van der Waals surface area contributed by atoms with Gasteiger partial charge < -0.3 is 14.4 Å². The summed E-state index contributed by atoms with van der Waals surface area (Å²) in [6, 6.07) is 5.59. The number of nitrogens with zero attached hydrogens (tertiary/aromatic N) is 3. The predicted octanol–water partition coefficient (Wildman–Crippen LogP) is 3.84. The molecule has 2 heterocycles. The normalized spacial score (nSPS) is 15.0. The molecule has 0 aliphatic carbocycles. The number of esters is 1. The van der Waals surface area contributed by atoms with Crippen molar-refractivity contribution in [2.24, 2.45) is 5.92 Å². The van der Waals surface area contributed by atoms with Crippen LogP contribution in [0.15, 0.2) is 30.6 Å². The minimum Gasteiger partial charge on any atom is -0.466 e.